The number of nitrogens with one attached hydrogen (secondary N) is 2. The normalized spacial score (nSPS) is 11.3. The summed E-state index contributed by atoms with van der Waals surface area (Å²) in [4.78, 5) is 12.2. The van der Waals surface area contributed by atoms with Crippen molar-refractivity contribution in [2.45, 2.75) is 0 Å². The minimum Gasteiger partial charge on any atom is -0.456 e. The van der Waals surface area contributed by atoms with E-state index >= 15 is 0 Å². The van der Waals surface area contributed by atoms with Crippen molar-refractivity contribution in [1.82, 2.24) is 25.1 Å². The molecular formula is C19H12BrN5O. The average Bonchev–Trinajstić information content (AvgIpc) is 3.27. The Morgan fingerprint density at radius 1 is 0.962 bits per heavy atom. The van der Waals surface area contributed by atoms with Gasteiger partial charge in [-0.05, 0) is 52.3 Å². The van der Waals surface area contributed by atoms with Gasteiger partial charge in [0.15, 0.2) is 5.65 Å². The molecule has 0 saturated carbocycles. The van der Waals surface area contributed by atoms with Crippen molar-refractivity contribution < 1.29 is 4.74 Å². The van der Waals surface area contributed by atoms with Crippen LogP contribution in [0.4, 0.5) is 0 Å². The molecule has 7 heteroatoms. The first-order chi connectivity index (χ1) is 12.8. The van der Waals surface area contributed by atoms with Crippen molar-refractivity contribution in [2.75, 3.05) is 0 Å². The highest BCUT2D eigenvalue weighted by atomic mass is 79.9. The zero-order chi connectivity index (χ0) is 17.5. The number of aromatic amines is 2. The maximum absolute atomic E-state index is 6.02. The van der Waals surface area contributed by atoms with Gasteiger partial charge in [-0.2, -0.15) is 5.10 Å². The number of halogens is 1. The maximum Gasteiger partial charge on any atom is 0.160 e. The zero-order valence-electron chi connectivity index (χ0n) is 13.4. The molecule has 3 aromatic heterocycles. The van der Waals surface area contributed by atoms with Crippen molar-refractivity contribution in [3.8, 4) is 22.9 Å². The highest BCUT2D eigenvalue weighted by molar-refractivity contribution is 9.10. The van der Waals surface area contributed by atoms with Crippen molar-refractivity contribution in [3.05, 3.63) is 65.4 Å². The van der Waals surface area contributed by atoms with Gasteiger partial charge < -0.3 is 9.72 Å². The number of H-pyrrole nitrogens is 2. The Kier molecular flexibility index (Phi) is 3.46. The van der Waals surface area contributed by atoms with Crippen molar-refractivity contribution >= 4 is 38.0 Å². The summed E-state index contributed by atoms with van der Waals surface area (Å²) in [5, 5.41) is 7.78. The number of ether oxygens (including phenoxy) is 1. The van der Waals surface area contributed by atoms with Gasteiger partial charge in [-0.15, -0.1) is 0 Å². The number of imidazole rings is 1. The van der Waals surface area contributed by atoms with Crippen LogP contribution in [-0.4, -0.2) is 25.1 Å². The summed E-state index contributed by atoms with van der Waals surface area (Å²) < 4.78 is 6.70. The lowest BCUT2D eigenvalue weighted by Gasteiger charge is -2.07. The van der Waals surface area contributed by atoms with Crippen LogP contribution in [0.1, 0.15) is 0 Å². The van der Waals surface area contributed by atoms with E-state index in [1.807, 2.05) is 54.6 Å². The Morgan fingerprint density at radius 2 is 1.81 bits per heavy atom. The first-order valence-corrected chi connectivity index (χ1v) is 8.79. The van der Waals surface area contributed by atoms with Crippen LogP contribution >= 0.6 is 15.9 Å². The molecule has 0 amide bonds. The van der Waals surface area contributed by atoms with E-state index < -0.39 is 0 Å². The van der Waals surface area contributed by atoms with Gasteiger partial charge in [-0.25, -0.2) is 9.97 Å². The molecule has 26 heavy (non-hydrogen) atoms. The molecule has 0 aliphatic heterocycles. The van der Waals surface area contributed by atoms with E-state index in [2.05, 4.69) is 41.1 Å². The molecule has 0 spiro atoms. The van der Waals surface area contributed by atoms with Gasteiger partial charge in [0.25, 0.3) is 0 Å². The molecule has 2 N–H and O–H groups in total. The number of fused-ring (bicyclic) bond motifs is 2. The van der Waals surface area contributed by atoms with Crippen LogP contribution in [0.15, 0.2) is 65.4 Å². The van der Waals surface area contributed by atoms with Gasteiger partial charge >= 0.3 is 0 Å². The molecule has 0 aliphatic carbocycles. The van der Waals surface area contributed by atoms with E-state index in [9.17, 15) is 0 Å². The van der Waals surface area contributed by atoms with E-state index in [4.69, 9.17) is 4.74 Å². The van der Waals surface area contributed by atoms with E-state index in [1.165, 1.54) is 0 Å². The van der Waals surface area contributed by atoms with Gasteiger partial charge in [0.2, 0.25) is 0 Å². The van der Waals surface area contributed by atoms with Crippen LogP contribution in [-0.2, 0) is 0 Å². The van der Waals surface area contributed by atoms with E-state index in [-0.39, 0.29) is 0 Å². The van der Waals surface area contributed by atoms with E-state index in [0.29, 0.717) is 16.0 Å². The fraction of sp³-hybridized carbons (Fsp3) is 0. The lowest BCUT2D eigenvalue weighted by Crippen LogP contribution is -1.87. The molecular weight excluding hydrogens is 394 g/mol. The van der Waals surface area contributed by atoms with Crippen LogP contribution in [0.25, 0.3) is 33.5 Å². The predicted molar refractivity (Wildman–Crippen MR) is 103 cm³/mol. The standard InChI is InChI=1S/C19H12BrN5O/c20-17-16-15(9-10-21-19(16)25-24-17)26-12-7-5-11(6-8-12)18-22-13-3-1-2-4-14(13)23-18/h1-10H,(H,22,23)(H,21,24,25). The SMILES string of the molecule is Brc1n[nH]c2nccc(Oc3ccc(-c4nc5ccccc5[nH]4)cc3)c12. The summed E-state index contributed by atoms with van der Waals surface area (Å²) in [5.41, 5.74) is 3.64. The molecule has 6 nitrogen and oxygen atoms in total. The number of hydrogen-bond acceptors (Lipinski definition) is 4. The molecule has 0 fully saturated rings. The average molecular weight is 406 g/mol. The lowest BCUT2D eigenvalue weighted by atomic mass is 10.2. The van der Waals surface area contributed by atoms with Gasteiger partial charge in [-0.3, -0.25) is 5.10 Å². The molecule has 126 valence electrons. The first kappa shape index (κ1) is 15.1. The highest BCUT2D eigenvalue weighted by Gasteiger charge is 2.11. The molecule has 5 rings (SSSR count). The Morgan fingerprint density at radius 3 is 2.65 bits per heavy atom. The second-order valence-corrected chi connectivity index (χ2v) is 6.53. The molecule has 0 saturated heterocycles. The fourth-order valence-electron chi connectivity index (χ4n) is 2.87. The fourth-order valence-corrected chi connectivity index (χ4v) is 3.34. The second-order valence-electron chi connectivity index (χ2n) is 5.78. The van der Waals surface area contributed by atoms with Gasteiger partial charge in [-0.1, -0.05) is 12.1 Å². The first-order valence-electron chi connectivity index (χ1n) is 7.99. The largest absolute Gasteiger partial charge is 0.456 e. The third-order valence-electron chi connectivity index (χ3n) is 4.12. The Labute approximate surface area is 156 Å². The van der Waals surface area contributed by atoms with Gasteiger partial charge in [0.05, 0.1) is 16.4 Å². The second kappa shape index (κ2) is 5.96. The molecule has 0 unspecified atom stereocenters. The summed E-state index contributed by atoms with van der Waals surface area (Å²) in [6.07, 6.45) is 1.69. The number of aromatic nitrogens is 5. The van der Waals surface area contributed by atoms with E-state index in [0.717, 1.165) is 33.6 Å². The monoisotopic (exact) mass is 405 g/mol. The summed E-state index contributed by atoms with van der Waals surface area (Å²) in [5.74, 6) is 2.25. The van der Waals surface area contributed by atoms with E-state index in [1.54, 1.807) is 6.20 Å². The molecule has 2 aromatic carbocycles. The molecule has 5 aromatic rings. The highest BCUT2D eigenvalue weighted by Crippen LogP contribution is 2.33. The summed E-state index contributed by atoms with van der Waals surface area (Å²) in [7, 11) is 0. The Balaban J connectivity index is 1.47. The smallest absolute Gasteiger partial charge is 0.160 e. The van der Waals surface area contributed by atoms with Crippen molar-refractivity contribution in [1.29, 1.82) is 0 Å². The van der Waals surface area contributed by atoms with Crippen molar-refractivity contribution in [2.24, 2.45) is 0 Å². The molecule has 0 radical (unpaired) electrons. The van der Waals surface area contributed by atoms with Crippen LogP contribution in [0.2, 0.25) is 0 Å². The molecule has 3 heterocycles. The topological polar surface area (TPSA) is 79.5 Å². The quantitative estimate of drug-likeness (QED) is 0.439. The molecule has 0 aliphatic rings. The van der Waals surface area contributed by atoms with Gasteiger partial charge in [0, 0.05) is 17.8 Å². The zero-order valence-corrected chi connectivity index (χ0v) is 15.0. The molecule has 0 atom stereocenters. The Hall–Kier alpha value is -3.19. The summed E-state index contributed by atoms with van der Waals surface area (Å²) in [6.45, 7) is 0. The number of nitrogens with zero attached hydrogens (tertiary/aromatic N) is 3. The van der Waals surface area contributed by atoms with Crippen LogP contribution < -0.4 is 4.74 Å². The number of para-hydroxylation sites is 2. The Bertz CT molecular complexity index is 1190. The summed E-state index contributed by atoms with van der Waals surface area (Å²) in [6, 6.07) is 17.6. The molecule has 0 bridgehead atoms. The number of benzene rings is 2. The number of pyridine rings is 1. The van der Waals surface area contributed by atoms with Crippen LogP contribution in [0, 0.1) is 0 Å². The predicted octanol–water partition coefficient (Wildman–Crippen LogP) is 5.06. The number of hydrogen-bond donors (Lipinski definition) is 2. The minimum absolute atomic E-state index is 0.674. The van der Waals surface area contributed by atoms with Gasteiger partial charge in [0.1, 0.15) is 21.9 Å². The maximum atomic E-state index is 6.02. The van der Waals surface area contributed by atoms with Crippen molar-refractivity contribution in [3.63, 3.8) is 0 Å². The third kappa shape index (κ3) is 2.53. The number of rotatable bonds is 3. The van der Waals surface area contributed by atoms with Crippen LogP contribution in [0.3, 0.4) is 0 Å². The summed E-state index contributed by atoms with van der Waals surface area (Å²) >= 11 is 3.42. The minimum atomic E-state index is 0.674. The lowest BCUT2D eigenvalue weighted by molar-refractivity contribution is 0.488. The third-order valence-corrected chi connectivity index (χ3v) is 4.70. The van der Waals surface area contributed by atoms with Crippen LogP contribution in [0.5, 0.6) is 11.5 Å².